The number of hydrogen-bond acceptors (Lipinski definition) is 5. The Morgan fingerprint density at radius 2 is 1.83 bits per heavy atom. The lowest BCUT2D eigenvalue weighted by Gasteiger charge is -2.17. The van der Waals surface area contributed by atoms with E-state index in [1.807, 2.05) is 30.3 Å². The number of nitrogens with one attached hydrogen (secondary N) is 2. The fourth-order valence-electron chi connectivity index (χ4n) is 3.03. The molecule has 0 radical (unpaired) electrons. The topological polar surface area (TPSA) is 105 Å². The first-order valence-electron chi connectivity index (χ1n) is 9.39. The molecule has 9 heteroatoms. The van der Waals surface area contributed by atoms with Gasteiger partial charge in [-0.1, -0.05) is 36.9 Å². The molecule has 158 valence electrons. The monoisotopic (exact) mass is 429 g/mol. The number of ether oxygens (including phenoxy) is 1. The average Bonchev–Trinajstić information content (AvgIpc) is 3.21. The van der Waals surface area contributed by atoms with Crippen LogP contribution in [0.4, 0.5) is 10.5 Å². The highest BCUT2D eigenvalue weighted by atomic mass is 32.2. The second-order valence-corrected chi connectivity index (χ2v) is 8.52. The lowest BCUT2D eigenvalue weighted by atomic mass is 10.2. The van der Waals surface area contributed by atoms with Crippen molar-refractivity contribution in [2.75, 3.05) is 18.4 Å². The van der Waals surface area contributed by atoms with Crippen molar-refractivity contribution in [2.24, 2.45) is 0 Å². The van der Waals surface area contributed by atoms with Crippen LogP contribution in [0, 0.1) is 0 Å². The molecule has 1 aliphatic heterocycles. The summed E-state index contributed by atoms with van der Waals surface area (Å²) in [5, 5.41) is 2.56. The van der Waals surface area contributed by atoms with E-state index in [0.29, 0.717) is 18.7 Å². The Bertz CT molecular complexity index is 1010. The first-order chi connectivity index (χ1) is 14.4. The molecule has 3 rings (SSSR count). The first-order valence-corrected chi connectivity index (χ1v) is 10.9. The van der Waals surface area contributed by atoms with E-state index in [0.717, 1.165) is 11.6 Å². The molecule has 2 amide bonds. The minimum absolute atomic E-state index is 0.0733. The largest absolute Gasteiger partial charge is 0.445 e. The number of benzene rings is 2. The van der Waals surface area contributed by atoms with Crippen LogP contribution in [-0.2, 0) is 26.2 Å². The number of rotatable bonds is 7. The average molecular weight is 429 g/mol. The molecule has 30 heavy (non-hydrogen) atoms. The molecule has 1 unspecified atom stereocenters. The van der Waals surface area contributed by atoms with Gasteiger partial charge in [0.1, 0.15) is 6.61 Å². The number of sulfonamides is 1. The Balaban J connectivity index is 1.53. The molecule has 2 aromatic rings. The van der Waals surface area contributed by atoms with Gasteiger partial charge in [0, 0.05) is 24.8 Å². The van der Waals surface area contributed by atoms with E-state index in [1.54, 1.807) is 0 Å². The number of anilines is 1. The van der Waals surface area contributed by atoms with Crippen LogP contribution in [0.3, 0.4) is 0 Å². The van der Waals surface area contributed by atoms with Gasteiger partial charge in [-0.15, -0.1) is 0 Å². The van der Waals surface area contributed by atoms with E-state index in [9.17, 15) is 18.0 Å². The number of likely N-dealkylation sites (tertiary alicyclic amines) is 1. The smallest absolute Gasteiger partial charge is 0.410 e. The van der Waals surface area contributed by atoms with Gasteiger partial charge < -0.3 is 15.0 Å². The molecule has 1 atom stereocenters. The zero-order valence-electron chi connectivity index (χ0n) is 16.3. The standard InChI is InChI=1S/C21H23N3O5S/c1-2-20(25)22-17-8-10-19(11-9-17)30(27,28)23-18-12-13-24(14-18)21(26)29-15-16-6-4-3-5-7-16/h2-11,18,23H,1,12-15H2,(H,22,25). The summed E-state index contributed by atoms with van der Waals surface area (Å²) >= 11 is 0. The molecular formula is C21H23N3O5S. The van der Waals surface area contributed by atoms with E-state index < -0.39 is 22.2 Å². The van der Waals surface area contributed by atoms with Gasteiger partial charge in [-0.05, 0) is 42.3 Å². The van der Waals surface area contributed by atoms with Crippen LogP contribution in [0.15, 0.2) is 72.1 Å². The number of nitrogens with zero attached hydrogens (tertiary/aromatic N) is 1. The first kappa shape index (κ1) is 21.5. The zero-order chi connectivity index (χ0) is 21.6. The highest BCUT2D eigenvalue weighted by molar-refractivity contribution is 7.89. The lowest BCUT2D eigenvalue weighted by molar-refractivity contribution is -0.111. The predicted molar refractivity (Wildman–Crippen MR) is 112 cm³/mol. The Morgan fingerprint density at radius 1 is 1.13 bits per heavy atom. The van der Waals surface area contributed by atoms with Gasteiger partial charge in [0.15, 0.2) is 0 Å². The molecule has 1 heterocycles. The molecule has 2 aromatic carbocycles. The Morgan fingerprint density at radius 3 is 2.50 bits per heavy atom. The quantitative estimate of drug-likeness (QED) is 0.658. The Kier molecular flexibility index (Phi) is 6.86. The highest BCUT2D eigenvalue weighted by Crippen LogP contribution is 2.18. The van der Waals surface area contributed by atoms with E-state index >= 15 is 0 Å². The third-order valence-corrected chi connectivity index (χ3v) is 6.13. The van der Waals surface area contributed by atoms with Crippen LogP contribution < -0.4 is 10.0 Å². The number of carbonyl (C=O) groups excluding carboxylic acids is 2. The normalized spacial score (nSPS) is 16.1. The van der Waals surface area contributed by atoms with Crippen molar-refractivity contribution < 1.29 is 22.7 Å². The molecule has 1 saturated heterocycles. The molecule has 0 aliphatic carbocycles. The fraction of sp³-hybridized carbons (Fsp3) is 0.238. The van der Waals surface area contributed by atoms with Gasteiger partial charge >= 0.3 is 6.09 Å². The van der Waals surface area contributed by atoms with Crippen molar-refractivity contribution in [3.8, 4) is 0 Å². The van der Waals surface area contributed by atoms with Crippen LogP contribution in [-0.4, -0.2) is 44.4 Å². The maximum Gasteiger partial charge on any atom is 0.410 e. The van der Waals surface area contributed by atoms with Crippen molar-refractivity contribution in [1.82, 2.24) is 9.62 Å². The van der Waals surface area contributed by atoms with Crippen LogP contribution in [0.5, 0.6) is 0 Å². The lowest BCUT2D eigenvalue weighted by Crippen LogP contribution is -2.38. The van der Waals surface area contributed by atoms with E-state index in [1.165, 1.54) is 29.2 Å². The van der Waals surface area contributed by atoms with Crippen LogP contribution in [0.1, 0.15) is 12.0 Å². The van der Waals surface area contributed by atoms with Crippen LogP contribution in [0.25, 0.3) is 0 Å². The summed E-state index contributed by atoms with van der Waals surface area (Å²) in [6.07, 6.45) is 1.15. The number of carbonyl (C=O) groups is 2. The van der Waals surface area contributed by atoms with Crippen molar-refractivity contribution >= 4 is 27.7 Å². The maximum atomic E-state index is 12.6. The van der Waals surface area contributed by atoms with Gasteiger partial charge in [-0.2, -0.15) is 0 Å². The van der Waals surface area contributed by atoms with Gasteiger partial charge in [0.2, 0.25) is 15.9 Å². The molecule has 1 aliphatic rings. The van der Waals surface area contributed by atoms with E-state index in [2.05, 4.69) is 16.6 Å². The third kappa shape index (κ3) is 5.68. The predicted octanol–water partition coefficient (Wildman–Crippen LogP) is 2.50. The summed E-state index contributed by atoms with van der Waals surface area (Å²) < 4.78 is 33.1. The molecule has 0 saturated carbocycles. The SMILES string of the molecule is C=CC(=O)Nc1ccc(S(=O)(=O)NC2CCN(C(=O)OCc3ccccc3)C2)cc1. The van der Waals surface area contributed by atoms with Crippen molar-refractivity contribution in [3.05, 3.63) is 72.8 Å². The van der Waals surface area contributed by atoms with E-state index in [-0.39, 0.29) is 24.0 Å². The Labute approximate surface area is 175 Å². The molecule has 0 spiro atoms. The summed E-state index contributed by atoms with van der Waals surface area (Å²) in [6.45, 7) is 4.18. The van der Waals surface area contributed by atoms with Crippen LogP contribution >= 0.6 is 0 Å². The summed E-state index contributed by atoms with van der Waals surface area (Å²) in [5.41, 5.74) is 1.35. The minimum Gasteiger partial charge on any atom is -0.445 e. The maximum absolute atomic E-state index is 12.6. The molecule has 0 bridgehead atoms. The molecule has 1 fully saturated rings. The molecule has 8 nitrogen and oxygen atoms in total. The number of amides is 2. The summed E-state index contributed by atoms with van der Waals surface area (Å²) in [5.74, 6) is -0.381. The zero-order valence-corrected chi connectivity index (χ0v) is 17.1. The second-order valence-electron chi connectivity index (χ2n) is 6.81. The summed E-state index contributed by atoms with van der Waals surface area (Å²) in [4.78, 5) is 25.1. The van der Waals surface area contributed by atoms with E-state index in [4.69, 9.17) is 4.74 Å². The fourth-order valence-corrected chi connectivity index (χ4v) is 4.29. The minimum atomic E-state index is -3.76. The molecule has 2 N–H and O–H groups in total. The summed E-state index contributed by atoms with van der Waals surface area (Å²) in [6, 6.07) is 14.7. The Hall–Kier alpha value is -3.17. The highest BCUT2D eigenvalue weighted by Gasteiger charge is 2.30. The number of hydrogen-bond donors (Lipinski definition) is 2. The van der Waals surface area contributed by atoms with Crippen molar-refractivity contribution in [1.29, 1.82) is 0 Å². The molecule has 0 aromatic heterocycles. The third-order valence-electron chi connectivity index (χ3n) is 4.59. The second kappa shape index (κ2) is 9.55. The van der Waals surface area contributed by atoms with Gasteiger partial charge in [0.05, 0.1) is 4.90 Å². The van der Waals surface area contributed by atoms with Gasteiger partial charge in [-0.25, -0.2) is 17.9 Å². The van der Waals surface area contributed by atoms with Gasteiger partial charge in [-0.3, -0.25) is 4.79 Å². The van der Waals surface area contributed by atoms with Crippen molar-refractivity contribution in [2.45, 2.75) is 24.0 Å². The van der Waals surface area contributed by atoms with Crippen LogP contribution in [0.2, 0.25) is 0 Å². The van der Waals surface area contributed by atoms with Crippen molar-refractivity contribution in [3.63, 3.8) is 0 Å². The summed E-state index contributed by atoms with van der Waals surface area (Å²) in [7, 11) is -3.76. The van der Waals surface area contributed by atoms with Gasteiger partial charge in [0.25, 0.3) is 0 Å². The molecular weight excluding hydrogens is 406 g/mol.